The summed E-state index contributed by atoms with van der Waals surface area (Å²) in [5.41, 5.74) is -0.939. The van der Waals surface area contributed by atoms with Crippen molar-refractivity contribution in [3.8, 4) is 5.69 Å². The molecule has 0 aliphatic heterocycles. The van der Waals surface area contributed by atoms with Crippen LogP contribution in [0.3, 0.4) is 0 Å². The van der Waals surface area contributed by atoms with E-state index in [1.54, 1.807) is 0 Å². The fraction of sp³-hybridized carbons (Fsp3) is 0.182. The molecule has 9 heteroatoms. The number of aromatic nitrogens is 3. The lowest BCUT2D eigenvalue weighted by Gasteiger charge is -2.16. The van der Waals surface area contributed by atoms with Crippen molar-refractivity contribution < 1.29 is 18.0 Å². The lowest BCUT2D eigenvalue weighted by molar-refractivity contribution is -0.137. The predicted octanol–water partition coefficient (Wildman–Crippen LogP) is 2.79. The standard InChI is InChI=1S/C11H8ClF3N4O/c1-7(20)19(12)10-3-8(11(13,14)15)2-9(4-10)18-6-16-5-17-18/h2-6H,1H3. The van der Waals surface area contributed by atoms with Crippen molar-refractivity contribution in [3.63, 3.8) is 0 Å². The second-order valence-corrected chi connectivity index (χ2v) is 4.21. The Labute approximate surface area is 116 Å². The lowest BCUT2D eigenvalue weighted by atomic mass is 10.1. The molecular formula is C11H8ClF3N4O. The van der Waals surface area contributed by atoms with Crippen LogP contribution in [0.2, 0.25) is 0 Å². The minimum Gasteiger partial charge on any atom is -0.274 e. The van der Waals surface area contributed by atoms with E-state index in [4.69, 9.17) is 11.8 Å². The minimum atomic E-state index is -4.57. The number of hydrogen-bond acceptors (Lipinski definition) is 3. The normalized spacial score (nSPS) is 11.4. The number of carbonyl (C=O) groups excluding carboxylic acids is 1. The van der Waals surface area contributed by atoms with Gasteiger partial charge in [-0.3, -0.25) is 4.79 Å². The summed E-state index contributed by atoms with van der Waals surface area (Å²) in [4.78, 5) is 14.8. The van der Waals surface area contributed by atoms with E-state index in [1.807, 2.05) is 0 Å². The zero-order chi connectivity index (χ0) is 14.9. The fourth-order valence-electron chi connectivity index (χ4n) is 1.53. The molecule has 0 saturated carbocycles. The number of amides is 1. The molecule has 0 radical (unpaired) electrons. The quantitative estimate of drug-likeness (QED) is 0.802. The molecule has 0 spiro atoms. The SMILES string of the molecule is CC(=O)N(Cl)c1cc(-n2cncn2)cc(C(F)(F)F)c1. The molecule has 1 aromatic heterocycles. The van der Waals surface area contributed by atoms with Crippen LogP contribution in [0.25, 0.3) is 5.69 Å². The number of benzene rings is 1. The van der Waals surface area contributed by atoms with Gasteiger partial charge in [0.2, 0.25) is 5.91 Å². The molecule has 2 rings (SSSR count). The van der Waals surface area contributed by atoms with Crippen LogP contribution in [-0.2, 0) is 11.0 Å². The largest absolute Gasteiger partial charge is 0.416 e. The number of alkyl halides is 3. The summed E-state index contributed by atoms with van der Waals surface area (Å²) in [6.07, 6.45) is -2.14. The van der Waals surface area contributed by atoms with Gasteiger partial charge in [-0.25, -0.2) is 14.1 Å². The van der Waals surface area contributed by atoms with Crippen LogP contribution >= 0.6 is 11.8 Å². The van der Waals surface area contributed by atoms with Crippen molar-refractivity contribution in [3.05, 3.63) is 36.4 Å². The first kappa shape index (κ1) is 14.3. The number of halogens is 4. The second-order valence-electron chi connectivity index (χ2n) is 3.88. The maximum Gasteiger partial charge on any atom is 0.416 e. The van der Waals surface area contributed by atoms with Gasteiger partial charge in [0.25, 0.3) is 0 Å². The topological polar surface area (TPSA) is 51.0 Å². The molecule has 0 unspecified atom stereocenters. The summed E-state index contributed by atoms with van der Waals surface area (Å²) < 4.78 is 40.3. The van der Waals surface area contributed by atoms with Crippen LogP contribution in [0, 0.1) is 0 Å². The first-order valence-electron chi connectivity index (χ1n) is 5.33. The summed E-state index contributed by atoms with van der Waals surface area (Å²) >= 11 is 5.67. The maximum atomic E-state index is 12.9. The first-order valence-corrected chi connectivity index (χ1v) is 5.66. The van der Waals surface area contributed by atoms with E-state index in [-0.39, 0.29) is 11.4 Å². The smallest absolute Gasteiger partial charge is 0.274 e. The van der Waals surface area contributed by atoms with E-state index in [0.717, 1.165) is 23.7 Å². The summed E-state index contributed by atoms with van der Waals surface area (Å²) in [6.45, 7) is 1.14. The molecular weight excluding hydrogens is 297 g/mol. The summed E-state index contributed by atoms with van der Waals surface area (Å²) in [5, 5.41) is 3.75. The molecule has 5 nitrogen and oxygen atoms in total. The van der Waals surface area contributed by atoms with Crippen LogP contribution in [0.5, 0.6) is 0 Å². The molecule has 1 heterocycles. The molecule has 0 saturated heterocycles. The molecule has 2 aromatic rings. The average molecular weight is 305 g/mol. The van der Waals surface area contributed by atoms with Gasteiger partial charge in [-0.1, -0.05) is 0 Å². The van der Waals surface area contributed by atoms with Gasteiger partial charge >= 0.3 is 6.18 Å². The van der Waals surface area contributed by atoms with Crippen LogP contribution in [0.1, 0.15) is 12.5 Å². The highest BCUT2D eigenvalue weighted by Crippen LogP contribution is 2.34. The van der Waals surface area contributed by atoms with Crippen LogP contribution in [0.15, 0.2) is 30.9 Å². The van der Waals surface area contributed by atoms with Gasteiger partial charge in [0, 0.05) is 18.7 Å². The molecule has 0 fully saturated rings. The average Bonchev–Trinajstić information content (AvgIpc) is 2.90. The Bertz CT molecular complexity index is 627. The number of rotatable bonds is 2. The molecule has 1 aromatic carbocycles. The Morgan fingerprint density at radius 3 is 2.55 bits per heavy atom. The zero-order valence-corrected chi connectivity index (χ0v) is 10.9. The van der Waals surface area contributed by atoms with Gasteiger partial charge in [0.15, 0.2) is 0 Å². The van der Waals surface area contributed by atoms with Gasteiger partial charge < -0.3 is 0 Å². The van der Waals surface area contributed by atoms with Crippen LogP contribution in [-0.4, -0.2) is 20.7 Å². The van der Waals surface area contributed by atoms with E-state index >= 15 is 0 Å². The number of anilines is 1. The molecule has 106 valence electrons. The highest BCUT2D eigenvalue weighted by Gasteiger charge is 2.32. The highest BCUT2D eigenvalue weighted by molar-refractivity contribution is 6.36. The Morgan fingerprint density at radius 1 is 1.35 bits per heavy atom. The Hall–Kier alpha value is -2.09. The van der Waals surface area contributed by atoms with Crippen molar-refractivity contribution in [1.82, 2.24) is 14.8 Å². The molecule has 0 N–H and O–H groups in total. The third-order valence-electron chi connectivity index (χ3n) is 2.42. The van der Waals surface area contributed by atoms with E-state index < -0.39 is 17.6 Å². The van der Waals surface area contributed by atoms with E-state index in [0.29, 0.717) is 4.42 Å². The van der Waals surface area contributed by atoms with Gasteiger partial charge in [0.1, 0.15) is 12.7 Å². The van der Waals surface area contributed by atoms with Crippen molar-refractivity contribution in [2.24, 2.45) is 0 Å². The third kappa shape index (κ3) is 2.90. The Morgan fingerprint density at radius 2 is 2.05 bits per heavy atom. The summed E-state index contributed by atoms with van der Waals surface area (Å²) in [7, 11) is 0. The molecule has 0 aliphatic carbocycles. The monoisotopic (exact) mass is 304 g/mol. The van der Waals surface area contributed by atoms with Crippen molar-refractivity contribution in [2.75, 3.05) is 4.42 Å². The predicted molar refractivity (Wildman–Crippen MR) is 65.4 cm³/mol. The molecule has 20 heavy (non-hydrogen) atoms. The first-order chi connectivity index (χ1) is 9.29. The molecule has 0 bridgehead atoms. The van der Waals surface area contributed by atoms with E-state index in [1.165, 1.54) is 18.7 Å². The summed E-state index contributed by atoms with van der Waals surface area (Å²) in [6, 6.07) is 2.98. The van der Waals surface area contributed by atoms with Gasteiger partial charge in [-0.15, -0.1) is 0 Å². The van der Waals surface area contributed by atoms with E-state index in [2.05, 4.69) is 10.1 Å². The van der Waals surface area contributed by atoms with Crippen LogP contribution in [0.4, 0.5) is 18.9 Å². The lowest BCUT2D eigenvalue weighted by Crippen LogP contribution is -2.18. The van der Waals surface area contributed by atoms with Crippen molar-refractivity contribution in [2.45, 2.75) is 13.1 Å². The van der Waals surface area contributed by atoms with Gasteiger partial charge in [0.05, 0.1) is 16.9 Å². The van der Waals surface area contributed by atoms with Gasteiger partial charge in [-0.2, -0.15) is 18.3 Å². The number of hydrogen-bond donors (Lipinski definition) is 0. The van der Waals surface area contributed by atoms with Gasteiger partial charge in [-0.05, 0) is 18.2 Å². The van der Waals surface area contributed by atoms with Crippen molar-refractivity contribution in [1.29, 1.82) is 0 Å². The maximum absolute atomic E-state index is 12.9. The Kier molecular flexibility index (Phi) is 3.67. The molecule has 1 amide bonds. The molecule has 0 atom stereocenters. The number of carbonyl (C=O) groups is 1. The fourth-order valence-corrected chi connectivity index (χ4v) is 1.63. The summed E-state index contributed by atoms with van der Waals surface area (Å²) in [5.74, 6) is -0.601. The van der Waals surface area contributed by atoms with E-state index in [9.17, 15) is 18.0 Å². The van der Waals surface area contributed by atoms with Crippen molar-refractivity contribution >= 4 is 23.4 Å². The minimum absolute atomic E-state index is 0.0965. The third-order valence-corrected chi connectivity index (χ3v) is 2.85. The molecule has 0 aliphatic rings. The zero-order valence-electron chi connectivity index (χ0n) is 10.1. The Balaban J connectivity index is 2.59. The van der Waals surface area contributed by atoms with Crippen LogP contribution < -0.4 is 4.42 Å². The second kappa shape index (κ2) is 5.12. The number of nitrogens with zero attached hydrogens (tertiary/aromatic N) is 4. The highest BCUT2D eigenvalue weighted by atomic mass is 35.5.